The maximum atomic E-state index is 12.3. The first-order valence-electron chi connectivity index (χ1n) is 8.54. The van der Waals surface area contributed by atoms with E-state index in [4.69, 9.17) is 9.15 Å². The van der Waals surface area contributed by atoms with Crippen LogP contribution in [0, 0.1) is 0 Å². The first-order chi connectivity index (χ1) is 13.3. The van der Waals surface area contributed by atoms with Crippen LogP contribution in [0.5, 0.6) is 5.75 Å². The van der Waals surface area contributed by atoms with E-state index in [9.17, 15) is 19.5 Å². The predicted octanol–water partition coefficient (Wildman–Crippen LogP) is 1.59. The summed E-state index contributed by atoms with van der Waals surface area (Å²) in [6.45, 7) is 1.47. The number of carbonyl (C=O) groups excluding carboxylic acids is 2. The van der Waals surface area contributed by atoms with E-state index >= 15 is 0 Å². The number of furan rings is 1. The molecular weight excluding hydrogens is 366 g/mol. The van der Waals surface area contributed by atoms with E-state index in [0.29, 0.717) is 17.1 Å². The molecule has 0 bridgehead atoms. The molecule has 150 valence electrons. The van der Waals surface area contributed by atoms with E-state index in [1.807, 2.05) is 0 Å². The lowest BCUT2D eigenvalue weighted by molar-refractivity contribution is -0.139. The number of rotatable bonds is 9. The number of hydrogen-bond acceptors (Lipinski definition) is 5. The van der Waals surface area contributed by atoms with Gasteiger partial charge in [0.1, 0.15) is 11.5 Å². The van der Waals surface area contributed by atoms with E-state index in [1.165, 1.54) is 13.4 Å². The normalized spacial score (nSPS) is 12.5. The maximum Gasteiger partial charge on any atom is 0.315 e. The Morgan fingerprint density at radius 3 is 2.61 bits per heavy atom. The van der Waals surface area contributed by atoms with Crippen molar-refractivity contribution in [2.75, 3.05) is 13.7 Å². The SMILES string of the molecule is COc1cccc(C(C)(CC(=O)O)NC(=O)CNC(=O)NCc2ccco2)c1. The third kappa shape index (κ3) is 6.04. The van der Waals surface area contributed by atoms with Gasteiger partial charge in [0.15, 0.2) is 0 Å². The van der Waals surface area contributed by atoms with Crippen LogP contribution in [0.15, 0.2) is 47.1 Å². The molecule has 1 atom stereocenters. The molecule has 3 amide bonds. The van der Waals surface area contributed by atoms with Crippen LogP contribution < -0.4 is 20.7 Å². The van der Waals surface area contributed by atoms with Gasteiger partial charge in [-0.1, -0.05) is 12.1 Å². The first kappa shape index (κ1) is 20.8. The second kappa shape index (κ2) is 9.45. The zero-order valence-corrected chi connectivity index (χ0v) is 15.7. The zero-order chi connectivity index (χ0) is 20.6. The molecule has 0 saturated carbocycles. The summed E-state index contributed by atoms with van der Waals surface area (Å²) in [5.41, 5.74) is -0.603. The number of carbonyl (C=O) groups is 3. The fourth-order valence-corrected chi connectivity index (χ4v) is 2.64. The van der Waals surface area contributed by atoms with Crippen LogP contribution in [0.2, 0.25) is 0 Å². The molecular formula is C19H23N3O6. The van der Waals surface area contributed by atoms with Crippen molar-refractivity contribution < 1.29 is 28.6 Å². The summed E-state index contributed by atoms with van der Waals surface area (Å²) in [5, 5.41) is 16.9. The summed E-state index contributed by atoms with van der Waals surface area (Å²) >= 11 is 0. The molecule has 0 radical (unpaired) electrons. The van der Waals surface area contributed by atoms with E-state index in [0.717, 1.165) is 0 Å². The molecule has 2 rings (SSSR count). The summed E-state index contributed by atoms with van der Waals surface area (Å²) < 4.78 is 10.3. The number of amides is 3. The third-order valence-electron chi connectivity index (χ3n) is 4.04. The molecule has 1 heterocycles. The van der Waals surface area contributed by atoms with Gasteiger partial charge in [-0.3, -0.25) is 9.59 Å². The molecule has 1 aromatic carbocycles. The van der Waals surface area contributed by atoms with Crippen LogP contribution in [-0.2, 0) is 21.7 Å². The smallest absolute Gasteiger partial charge is 0.315 e. The number of methoxy groups -OCH3 is 1. The Morgan fingerprint density at radius 2 is 1.96 bits per heavy atom. The van der Waals surface area contributed by atoms with Crippen molar-refractivity contribution in [1.29, 1.82) is 0 Å². The van der Waals surface area contributed by atoms with Crippen LogP contribution >= 0.6 is 0 Å². The molecule has 4 N–H and O–H groups in total. The fourth-order valence-electron chi connectivity index (χ4n) is 2.64. The molecule has 0 aliphatic heterocycles. The van der Waals surface area contributed by atoms with Gasteiger partial charge in [0.25, 0.3) is 0 Å². The van der Waals surface area contributed by atoms with E-state index in [-0.39, 0.29) is 19.5 Å². The summed E-state index contributed by atoms with van der Waals surface area (Å²) in [7, 11) is 1.50. The van der Waals surface area contributed by atoms with Gasteiger partial charge in [-0.2, -0.15) is 0 Å². The lowest BCUT2D eigenvalue weighted by atomic mass is 9.88. The van der Waals surface area contributed by atoms with E-state index in [2.05, 4.69) is 16.0 Å². The second-order valence-corrected chi connectivity index (χ2v) is 6.30. The molecule has 0 saturated heterocycles. The van der Waals surface area contributed by atoms with Gasteiger partial charge >= 0.3 is 12.0 Å². The predicted molar refractivity (Wildman–Crippen MR) is 99.7 cm³/mol. The second-order valence-electron chi connectivity index (χ2n) is 6.30. The van der Waals surface area contributed by atoms with Crippen LogP contribution in [0.4, 0.5) is 4.79 Å². The molecule has 28 heavy (non-hydrogen) atoms. The van der Waals surface area contributed by atoms with Crippen molar-refractivity contribution in [2.24, 2.45) is 0 Å². The lowest BCUT2D eigenvalue weighted by Gasteiger charge is -2.30. The number of nitrogens with one attached hydrogen (secondary N) is 3. The molecule has 1 unspecified atom stereocenters. The Balaban J connectivity index is 1.96. The van der Waals surface area contributed by atoms with Crippen molar-refractivity contribution in [1.82, 2.24) is 16.0 Å². The van der Waals surface area contributed by atoms with Gasteiger partial charge in [-0.15, -0.1) is 0 Å². The highest BCUT2D eigenvalue weighted by Crippen LogP contribution is 2.27. The Kier molecular flexibility index (Phi) is 7.02. The van der Waals surface area contributed by atoms with Gasteiger partial charge in [0.05, 0.1) is 38.4 Å². The van der Waals surface area contributed by atoms with Crippen molar-refractivity contribution in [3.8, 4) is 5.75 Å². The lowest BCUT2D eigenvalue weighted by Crippen LogP contribution is -2.49. The topological polar surface area (TPSA) is 130 Å². The van der Waals surface area contributed by atoms with E-state index < -0.39 is 23.4 Å². The molecule has 1 aromatic heterocycles. The fraction of sp³-hybridized carbons (Fsp3) is 0.316. The molecule has 0 spiro atoms. The Hall–Kier alpha value is -3.49. The first-order valence-corrected chi connectivity index (χ1v) is 8.54. The molecule has 9 heteroatoms. The number of hydrogen-bond donors (Lipinski definition) is 4. The van der Waals surface area contributed by atoms with Crippen molar-refractivity contribution >= 4 is 17.9 Å². The van der Waals surface area contributed by atoms with Gasteiger partial charge in [0.2, 0.25) is 5.91 Å². The van der Waals surface area contributed by atoms with E-state index in [1.54, 1.807) is 43.3 Å². The quantitative estimate of drug-likeness (QED) is 0.515. The maximum absolute atomic E-state index is 12.3. The largest absolute Gasteiger partial charge is 0.497 e. The minimum absolute atomic E-state index is 0.182. The number of urea groups is 1. The zero-order valence-electron chi connectivity index (χ0n) is 15.7. The summed E-state index contributed by atoms with van der Waals surface area (Å²) in [6.07, 6.45) is 1.15. The highest BCUT2D eigenvalue weighted by atomic mass is 16.5. The monoisotopic (exact) mass is 389 g/mol. The Morgan fingerprint density at radius 1 is 1.18 bits per heavy atom. The Bertz CT molecular complexity index is 821. The minimum Gasteiger partial charge on any atom is -0.497 e. The average Bonchev–Trinajstić information content (AvgIpc) is 3.17. The Labute approximate surface area is 162 Å². The van der Waals surface area contributed by atoms with Gasteiger partial charge in [-0.25, -0.2) is 4.79 Å². The number of carboxylic acid groups (broad SMARTS) is 1. The minimum atomic E-state index is -1.18. The molecule has 9 nitrogen and oxygen atoms in total. The van der Waals surface area contributed by atoms with Crippen molar-refractivity contribution in [3.63, 3.8) is 0 Å². The van der Waals surface area contributed by atoms with Crippen LogP contribution in [0.3, 0.4) is 0 Å². The number of benzene rings is 1. The number of carboxylic acids is 1. The van der Waals surface area contributed by atoms with Crippen LogP contribution in [-0.4, -0.2) is 36.7 Å². The molecule has 2 aromatic rings. The van der Waals surface area contributed by atoms with Gasteiger partial charge < -0.3 is 30.2 Å². The summed E-state index contributed by atoms with van der Waals surface area (Å²) in [4.78, 5) is 35.4. The number of aliphatic carboxylic acids is 1. The van der Waals surface area contributed by atoms with Crippen molar-refractivity contribution in [2.45, 2.75) is 25.4 Å². The highest BCUT2D eigenvalue weighted by molar-refractivity contribution is 5.85. The average molecular weight is 389 g/mol. The standard InChI is InChI=1S/C19H23N3O6/c1-19(10-17(24)25,13-5-3-6-14(9-13)27-2)22-16(23)12-21-18(26)20-11-15-7-4-8-28-15/h3-9H,10-12H2,1-2H3,(H,22,23)(H,24,25)(H2,20,21,26). The third-order valence-corrected chi connectivity index (χ3v) is 4.04. The number of ether oxygens (including phenoxy) is 1. The molecule has 0 fully saturated rings. The van der Waals surface area contributed by atoms with Gasteiger partial charge in [0, 0.05) is 0 Å². The van der Waals surface area contributed by atoms with Gasteiger partial charge in [-0.05, 0) is 36.8 Å². The van der Waals surface area contributed by atoms with Crippen LogP contribution in [0.25, 0.3) is 0 Å². The summed E-state index contributed by atoms with van der Waals surface area (Å²) in [5.74, 6) is -0.486. The van der Waals surface area contributed by atoms with Crippen LogP contribution in [0.1, 0.15) is 24.7 Å². The van der Waals surface area contributed by atoms with Crippen molar-refractivity contribution in [3.05, 3.63) is 54.0 Å². The summed E-state index contributed by atoms with van der Waals surface area (Å²) in [6, 6.07) is 9.65. The highest BCUT2D eigenvalue weighted by Gasteiger charge is 2.32. The molecule has 0 aliphatic rings. The molecule has 0 aliphatic carbocycles.